The van der Waals surface area contributed by atoms with E-state index < -0.39 is 35.7 Å². The summed E-state index contributed by atoms with van der Waals surface area (Å²) in [4.78, 5) is 37.3. The molecule has 1 aromatic rings. The molecule has 0 saturated carbocycles. The van der Waals surface area contributed by atoms with E-state index in [1.807, 2.05) is 44.2 Å². The average Bonchev–Trinajstić information content (AvgIpc) is 2.57. The molecule has 0 aliphatic rings. The Labute approximate surface area is 173 Å². The number of amides is 2. The topological polar surface area (TPSA) is 93.7 Å². The van der Waals surface area contributed by atoms with Gasteiger partial charge in [-0.25, -0.2) is 4.79 Å². The Kier molecular flexibility index (Phi) is 9.14. The molecule has 0 fully saturated rings. The molecule has 29 heavy (non-hydrogen) atoms. The predicted molar refractivity (Wildman–Crippen MR) is 111 cm³/mol. The van der Waals surface area contributed by atoms with Crippen LogP contribution in [0.5, 0.6) is 0 Å². The molecule has 0 aromatic heterocycles. The molecular weight excluding hydrogens is 372 g/mol. The zero-order chi connectivity index (χ0) is 22.2. The van der Waals surface area contributed by atoms with Gasteiger partial charge in [0.15, 0.2) is 0 Å². The fourth-order valence-corrected chi connectivity index (χ4v) is 2.65. The van der Waals surface area contributed by atoms with Gasteiger partial charge in [-0.15, -0.1) is 0 Å². The van der Waals surface area contributed by atoms with Gasteiger partial charge in [-0.2, -0.15) is 0 Å². The highest BCUT2D eigenvalue weighted by atomic mass is 16.6. The van der Waals surface area contributed by atoms with Crippen LogP contribution in [0, 0.1) is 5.92 Å². The highest BCUT2D eigenvalue weighted by Gasteiger charge is 2.29. The van der Waals surface area contributed by atoms with Gasteiger partial charge >= 0.3 is 12.1 Å². The third-order valence-corrected chi connectivity index (χ3v) is 3.88. The van der Waals surface area contributed by atoms with Crippen LogP contribution in [0.2, 0.25) is 0 Å². The third kappa shape index (κ3) is 9.45. The fourth-order valence-electron chi connectivity index (χ4n) is 2.65. The maximum atomic E-state index is 12.9. The number of rotatable bonds is 8. The zero-order valence-electron chi connectivity index (χ0n) is 18.4. The summed E-state index contributed by atoms with van der Waals surface area (Å²) in [6.45, 7) is 12.5. The zero-order valence-corrected chi connectivity index (χ0v) is 18.4. The summed E-state index contributed by atoms with van der Waals surface area (Å²) in [5, 5.41) is 5.50. The van der Waals surface area contributed by atoms with Gasteiger partial charge in [0.25, 0.3) is 0 Å². The van der Waals surface area contributed by atoms with E-state index >= 15 is 0 Å². The normalized spacial score (nSPS) is 13.6. The summed E-state index contributed by atoms with van der Waals surface area (Å²) in [7, 11) is 0. The van der Waals surface area contributed by atoms with Crippen molar-refractivity contribution < 1.29 is 23.9 Å². The number of hydrogen-bond donors (Lipinski definition) is 2. The van der Waals surface area contributed by atoms with Gasteiger partial charge in [0.2, 0.25) is 5.91 Å². The number of benzene rings is 1. The molecule has 1 unspecified atom stereocenters. The molecule has 1 rings (SSSR count). The maximum Gasteiger partial charge on any atom is 0.408 e. The molecular formula is C22H34N2O5. The molecule has 0 bridgehead atoms. The summed E-state index contributed by atoms with van der Waals surface area (Å²) < 4.78 is 10.5. The smallest absolute Gasteiger partial charge is 0.408 e. The number of nitrogens with one attached hydrogen (secondary N) is 2. The van der Waals surface area contributed by atoms with E-state index in [4.69, 9.17) is 9.47 Å². The second-order valence-corrected chi connectivity index (χ2v) is 8.58. The number of ether oxygens (including phenoxy) is 2. The number of hydrogen-bond acceptors (Lipinski definition) is 5. The Morgan fingerprint density at radius 1 is 0.966 bits per heavy atom. The summed E-state index contributed by atoms with van der Waals surface area (Å²) >= 11 is 0. The first-order valence-corrected chi connectivity index (χ1v) is 9.93. The van der Waals surface area contributed by atoms with Crippen LogP contribution in [-0.4, -0.2) is 35.7 Å². The van der Waals surface area contributed by atoms with Gasteiger partial charge in [-0.1, -0.05) is 44.2 Å². The highest BCUT2D eigenvalue weighted by molar-refractivity contribution is 5.86. The minimum absolute atomic E-state index is 0.00874. The van der Waals surface area contributed by atoms with Crippen molar-refractivity contribution in [3.05, 3.63) is 35.9 Å². The van der Waals surface area contributed by atoms with E-state index in [-0.39, 0.29) is 18.4 Å². The largest absolute Gasteiger partial charge is 0.463 e. The molecule has 2 atom stereocenters. The van der Waals surface area contributed by atoms with Gasteiger partial charge in [0.1, 0.15) is 11.6 Å². The van der Waals surface area contributed by atoms with Crippen LogP contribution in [0.25, 0.3) is 0 Å². The lowest BCUT2D eigenvalue weighted by molar-refractivity contribution is -0.148. The lowest BCUT2D eigenvalue weighted by Crippen LogP contribution is -2.51. The third-order valence-electron chi connectivity index (χ3n) is 3.88. The Morgan fingerprint density at radius 2 is 1.55 bits per heavy atom. The lowest BCUT2D eigenvalue weighted by atomic mass is 10.00. The maximum absolute atomic E-state index is 12.9. The van der Waals surface area contributed by atoms with Gasteiger partial charge in [0.05, 0.1) is 18.6 Å². The van der Waals surface area contributed by atoms with Crippen molar-refractivity contribution in [2.24, 2.45) is 5.92 Å². The lowest BCUT2D eigenvalue weighted by Gasteiger charge is -2.27. The van der Waals surface area contributed by atoms with Crippen molar-refractivity contribution in [2.45, 2.75) is 78.7 Å². The van der Waals surface area contributed by atoms with Crippen molar-refractivity contribution in [3.63, 3.8) is 0 Å². The van der Waals surface area contributed by atoms with Crippen LogP contribution < -0.4 is 10.6 Å². The van der Waals surface area contributed by atoms with E-state index in [1.165, 1.54) is 0 Å². The van der Waals surface area contributed by atoms with Gasteiger partial charge in [-0.3, -0.25) is 9.59 Å². The van der Waals surface area contributed by atoms with Crippen LogP contribution in [0.15, 0.2) is 30.3 Å². The summed E-state index contributed by atoms with van der Waals surface area (Å²) in [5.74, 6) is -0.978. The van der Waals surface area contributed by atoms with E-state index in [9.17, 15) is 14.4 Å². The van der Waals surface area contributed by atoms with Crippen molar-refractivity contribution in [1.82, 2.24) is 10.6 Å². The summed E-state index contributed by atoms with van der Waals surface area (Å²) in [6.07, 6.45) is -0.917. The van der Waals surface area contributed by atoms with Crippen molar-refractivity contribution in [3.8, 4) is 0 Å². The number of alkyl carbamates (subject to hydrolysis) is 1. The van der Waals surface area contributed by atoms with E-state index in [0.717, 1.165) is 5.56 Å². The SMILES string of the molecule is CC(C)OC(=O)CC(NC(=O)[C@@H](NC(=O)OC(C)(C)C)C(C)C)c1ccccc1. The number of esters is 1. The summed E-state index contributed by atoms with van der Waals surface area (Å²) in [6, 6.07) is 7.81. The molecule has 162 valence electrons. The molecule has 7 heteroatoms. The second-order valence-electron chi connectivity index (χ2n) is 8.58. The fraction of sp³-hybridized carbons (Fsp3) is 0.591. The first-order chi connectivity index (χ1) is 13.4. The standard InChI is InChI=1S/C22H34N2O5/c1-14(2)19(24-21(27)29-22(5,6)7)20(26)23-17(13-18(25)28-15(3)4)16-11-9-8-10-12-16/h8-12,14-15,17,19H,13H2,1-7H3,(H,23,26)(H,24,27)/t17?,19-/m0/s1. The second kappa shape index (κ2) is 10.8. The first-order valence-electron chi connectivity index (χ1n) is 9.93. The van der Waals surface area contributed by atoms with Crippen molar-refractivity contribution in [2.75, 3.05) is 0 Å². The first kappa shape index (κ1) is 24.5. The van der Waals surface area contributed by atoms with E-state index in [0.29, 0.717) is 0 Å². The van der Waals surface area contributed by atoms with Crippen molar-refractivity contribution in [1.29, 1.82) is 0 Å². The molecule has 0 aliphatic heterocycles. The van der Waals surface area contributed by atoms with Gasteiger partial charge < -0.3 is 20.1 Å². The van der Waals surface area contributed by atoms with Crippen LogP contribution in [-0.2, 0) is 19.1 Å². The predicted octanol–water partition coefficient (Wildman–Crippen LogP) is 3.73. The van der Waals surface area contributed by atoms with Crippen molar-refractivity contribution >= 4 is 18.0 Å². The minimum Gasteiger partial charge on any atom is -0.463 e. The van der Waals surface area contributed by atoms with E-state index in [1.54, 1.807) is 34.6 Å². The number of carbonyl (C=O) groups is 3. The molecule has 2 amide bonds. The molecule has 0 heterocycles. The van der Waals surface area contributed by atoms with Crippen LogP contribution in [0.3, 0.4) is 0 Å². The Bertz CT molecular complexity index is 680. The monoisotopic (exact) mass is 406 g/mol. The molecule has 7 nitrogen and oxygen atoms in total. The molecule has 0 radical (unpaired) electrons. The van der Waals surface area contributed by atoms with Gasteiger partial charge in [-0.05, 0) is 46.1 Å². The Balaban J connectivity index is 2.94. The molecule has 1 aromatic carbocycles. The van der Waals surface area contributed by atoms with E-state index in [2.05, 4.69) is 10.6 Å². The van der Waals surface area contributed by atoms with Crippen LogP contribution in [0.1, 0.15) is 66.5 Å². The quantitative estimate of drug-likeness (QED) is 0.642. The highest BCUT2D eigenvalue weighted by Crippen LogP contribution is 2.19. The molecule has 0 saturated heterocycles. The molecule has 0 aliphatic carbocycles. The van der Waals surface area contributed by atoms with Crippen LogP contribution >= 0.6 is 0 Å². The Morgan fingerprint density at radius 3 is 2.03 bits per heavy atom. The Hall–Kier alpha value is -2.57. The van der Waals surface area contributed by atoms with Gasteiger partial charge in [0, 0.05) is 0 Å². The average molecular weight is 407 g/mol. The summed E-state index contributed by atoms with van der Waals surface area (Å²) in [5.41, 5.74) is 0.108. The molecule has 0 spiro atoms. The molecule has 2 N–H and O–H groups in total. The van der Waals surface area contributed by atoms with Crippen LogP contribution in [0.4, 0.5) is 4.79 Å². The number of carbonyl (C=O) groups excluding carboxylic acids is 3. The minimum atomic E-state index is -0.808.